The minimum absolute atomic E-state index is 0. The molecule has 1 aromatic heterocycles. The maximum atomic E-state index is 12.7. The van der Waals surface area contributed by atoms with Gasteiger partial charge in [-0.3, -0.25) is 0 Å². The SMILES string of the molecule is Cl.FC(F)(F)c1cccc(CCc2nnc(C3CCCN3)s2)c1. The van der Waals surface area contributed by atoms with Crippen LogP contribution in [-0.2, 0) is 19.0 Å². The quantitative estimate of drug-likeness (QED) is 0.885. The van der Waals surface area contributed by atoms with E-state index < -0.39 is 11.7 Å². The molecule has 1 fully saturated rings. The summed E-state index contributed by atoms with van der Waals surface area (Å²) in [7, 11) is 0. The van der Waals surface area contributed by atoms with Gasteiger partial charge >= 0.3 is 6.18 Å². The molecule has 0 aliphatic carbocycles. The Labute approximate surface area is 142 Å². The van der Waals surface area contributed by atoms with E-state index in [4.69, 9.17) is 0 Å². The second-order valence-electron chi connectivity index (χ2n) is 5.38. The molecule has 0 spiro atoms. The minimum Gasteiger partial charge on any atom is -0.308 e. The summed E-state index contributed by atoms with van der Waals surface area (Å²) in [6.07, 6.45) is -0.922. The largest absolute Gasteiger partial charge is 0.416 e. The van der Waals surface area contributed by atoms with Gasteiger partial charge in [0.15, 0.2) is 0 Å². The lowest BCUT2D eigenvalue weighted by Crippen LogP contribution is -2.12. The third-order valence-electron chi connectivity index (χ3n) is 3.72. The number of nitrogens with one attached hydrogen (secondary N) is 1. The minimum atomic E-state index is -4.29. The fourth-order valence-corrected chi connectivity index (χ4v) is 3.51. The van der Waals surface area contributed by atoms with Crippen molar-refractivity contribution in [1.82, 2.24) is 15.5 Å². The van der Waals surface area contributed by atoms with Gasteiger partial charge in [0.1, 0.15) is 10.0 Å². The molecule has 1 aliphatic rings. The number of benzene rings is 1. The Morgan fingerprint density at radius 2 is 2.04 bits per heavy atom. The van der Waals surface area contributed by atoms with Gasteiger partial charge in [0.2, 0.25) is 0 Å². The Kier molecular flexibility index (Phi) is 6.00. The molecule has 2 heterocycles. The standard InChI is InChI=1S/C15H16F3N3S.ClH/c16-15(17,18)11-4-1-3-10(9-11)6-7-13-20-21-14(22-13)12-5-2-8-19-12;/h1,3-4,9,12,19H,2,5-8H2;1H. The number of hydrogen-bond acceptors (Lipinski definition) is 4. The van der Waals surface area contributed by atoms with E-state index in [-0.39, 0.29) is 12.4 Å². The predicted molar refractivity (Wildman–Crippen MR) is 86.0 cm³/mol. The molecule has 3 rings (SSSR count). The van der Waals surface area contributed by atoms with Crippen LogP contribution in [0.4, 0.5) is 13.2 Å². The summed E-state index contributed by atoms with van der Waals surface area (Å²) in [5.74, 6) is 0. The van der Waals surface area contributed by atoms with Crippen LogP contribution in [0.5, 0.6) is 0 Å². The first-order valence-electron chi connectivity index (χ1n) is 7.24. The number of hydrogen-bond donors (Lipinski definition) is 1. The summed E-state index contributed by atoms with van der Waals surface area (Å²) in [5, 5.41) is 13.6. The van der Waals surface area contributed by atoms with Crippen LogP contribution in [0.25, 0.3) is 0 Å². The highest BCUT2D eigenvalue weighted by molar-refractivity contribution is 7.11. The number of alkyl halides is 3. The molecule has 2 aromatic rings. The molecular weight excluding hydrogens is 347 g/mol. The lowest BCUT2D eigenvalue weighted by molar-refractivity contribution is -0.137. The summed E-state index contributed by atoms with van der Waals surface area (Å²) < 4.78 is 38.0. The van der Waals surface area contributed by atoms with Gasteiger partial charge in [-0.05, 0) is 37.4 Å². The molecule has 1 aromatic carbocycles. The van der Waals surface area contributed by atoms with Crippen LogP contribution in [-0.4, -0.2) is 16.7 Å². The van der Waals surface area contributed by atoms with Crippen molar-refractivity contribution in [3.8, 4) is 0 Å². The molecule has 0 radical (unpaired) electrons. The number of aryl methyl sites for hydroxylation is 2. The second-order valence-corrected chi connectivity index (χ2v) is 6.47. The lowest BCUT2D eigenvalue weighted by atomic mass is 10.1. The second kappa shape index (κ2) is 7.59. The van der Waals surface area contributed by atoms with E-state index in [0.29, 0.717) is 24.4 Å². The molecule has 0 bridgehead atoms. The van der Waals surface area contributed by atoms with Crippen LogP contribution in [0, 0.1) is 0 Å². The highest BCUT2D eigenvalue weighted by Gasteiger charge is 2.30. The molecule has 0 saturated carbocycles. The van der Waals surface area contributed by atoms with E-state index in [2.05, 4.69) is 15.5 Å². The Morgan fingerprint density at radius 1 is 1.22 bits per heavy atom. The van der Waals surface area contributed by atoms with Gasteiger partial charge in [0.25, 0.3) is 0 Å². The first-order chi connectivity index (χ1) is 10.5. The van der Waals surface area contributed by atoms with Gasteiger partial charge in [-0.2, -0.15) is 13.2 Å². The van der Waals surface area contributed by atoms with Crippen molar-refractivity contribution in [2.75, 3.05) is 6.54 Å². The zero-order valence-corrected chi connectivity index (χ0v) is 13.9. The highest BCUT2D eigenvalue weighted by Crippen LogP contribution is 2.30. The fourth-order valence-electron chi connectivity index (χ4n) is 2.56. The summed E-state index contributed by atoms with van der Waals surface area (Å²) in [5.41, 5.74) is 0.0728. The predicted octanol–water partition coefficient (Wildman–Crippen LogP) is 4.19. The van der Waals surface area contributed by atoms with Crippen molar-refractivity contribution in [1.29, 1.82) is 0 Å². The van der Waals surface area contributed by atoms with Crippen LogP contribution >= 0.6 is 23.7 Å². The van der Waals surface area contributed by atoms with Gasteiger partial charge in [0.05, 0.1) is 11.6 Å². The third kappa shape index (κ3) is 4.65. The Balaban J connectivity index is 0.00000192. The first-order valence-corrected chi connectivity index (χ1v) is 8.06. The van der Waals surface area contributed by atoms with Gasteiger partial charge in [-0.15, -0.1) is 22.6 Å². The third-order valence-corrected chi connectivity index (χ3v) is 4.82. The van der Waals surface area contributed by atoms with E-state index in [9.17, 15) is 13.2 Å². The molecule has 1 saturated heterocycles. The van der Waals surface area contributed by atoms with Crippen molar-refractivity contribution in [2.45, 2.75) is 37.9 Å². The molecule has 3 nitrogen and oxygen atoms in total. The smallest absolute Gasteiger partial charge is 0.308 e. The average molecular weight is 364 g/mol. The van der Waals surface area contributed by atoms with E-state index in [1.54, 1.807) is 17.4 Å². The van der Waals surface area contributed by atoms with Gasteiger partial charge in [-0.1, -0.05) is 29.5 Å². The normalized spacial score (nSPS) is 18.0. The number of aromatic nitrogens is 2. The van der Waals surface area contributed by atoms with Crippen molar-refractivity contribution in [3.63, 3.8) is 0 Å². The van der Waals surface area contributed by atoms with E-state index in [1.165, 1.54) is 12.1 Å². The Bertz CT molecular complexity index is 639. The average Bonchev–Trinajstić information content (AvgIpc) is 3.15. The molecule has 126 valence electrons. The van der Waals surface area contributed by atoms with Gasteiger partial charge in [0, 0.05) is 6.42 Å². The molecule has 1 unspecified atom stereocenters. The van der Waals surface area contributed by atoms with Crippen LogP contribution in [0.2, 0.25) is 0 Å². The number of halogens is 4. The summed E-state index contributed by atoms with van der Waals surface area (Å²) in [6, 6.07) is 5.76. The van der Waals surface area contributed by atoms with Crippen molar-refractivity contribution in [2.24, 2.45) is 0 Å². The zero-order valence-electron chi connectivity index (χ0n) is 12.3. The summed E-state index contributed by atoms with van der Waals surface area (Å²) in [4.78, 5) is 0. The van der Waals surface area contributed by atoms with Crippen LogP contribution in [0.3, 0.4) is 0 Å². The molecule has 1 N–H and O–H groups in total. The van der Waals surface area contributed by atoms with Crippen LogP contribution < -0.4 is 5.32 Å². The molecular formula is C15H17ClF3N3S. The first kappa shape index (κ1) is 18.2. The van der Waals surface area contributed by atoms with Crippen molar-refractivity contribution in [3.05, 3.63) is 45.4 Å². The maximum Gasteiger partial charge on any atom is 0.416 e. The molecule has 0 amide bonds. The molecule has 8 heteroatoms. The lowest BCUT2D eigenvalue weighted by Gasteiger charge is -2.08. The number of nitrogens with zero attached hydrogens (tertiary/aromatic N) is 2. The van der Waals surface area contributed by atoms with E-state index >= 15 is 0 Å². The van der Waals surface area contributed by atoms with Gasteiger partial charge < -0.3 is 5.32 Å². The number of rotatable bonds is 4. The Morgan fingerprint density at radius 3 is 2.74 bits per heavy atom. The van der Waals surface area contributed by atoms with Crippen molar-refractivity contribution >= 4 is 23.7 Å². The van der Waals surface area contributed by atoms with Crippen LogP contribution in [0.1, 0.15) is 40.0 Å². The maximum absolute atomic E-state index is 12.7. The van der Waals surface area contributed by atoms with Crippen molar-refractivity contribution < 1.29 is 13.2 Å². The topological polar surface area (TPSA) is 37.8 Å². The summed E-state index contributed by atoms with van der Waals surface area (Å²) in [6.45, 7) is 1.00. The van der Waals surface area contributed by atoms with E-state index in [1.807, 2.05) is 0 Å². The Hall–Kier alpha value is -1.18. The van der Waals surface area contributed by atoms with E-state index in [0.717, 1.165) is 35.5 Å². The highest BCUT2D eigenvalue weighted by atomic mass is 35.5. The molecule has 1 atom stereocenters. The van der Waals surface area contributed by atoms with Crippen LogP contribution in [0.15, 0.2) is 24.3 Å². The van der Waals surface area contributed by atoms with Gasteiger partial charge in [-0.25, -0.2) is 0 Å². The summed E-state index contributed by atoms with van der Waals surface area (Å²) >= 11 is 1.55. The zero-order chi connectivity index (χ0) is 15.6. The molecule has 1 aliphatic heterocycles. The fraction of sp³-hybridized carbons (Fsp3) is 0.467. The monoisotopic (exact) mass is 363 g/mol. The molecule has 23 heavy (non-hydrogen) atoms.